The lowest BCUT2D eigenvalue weighted by atomic mass is 10.0. The molecule has 138 valence electrons. The molecule has 25 heavy (non-hydrogen) atoms. The van der Waals surface area contributed by atoms with Gasteiger partial charge in [0, 0.05) is 18.9 Å². The van der Waals surface area contributed by atoms with Gasteiger partial charge in [-0.25, -0.2) is 9.18 Å². The number of hydrogen-bond acceptors (Lipinski definition) is 5. The van der Waals surface area contributed by atoms with E-state index in [1.54, 1.807) is 20.8 Å². The minimum atomic E-state index is -0.673. The van der Waals surface area contributed by atoms with Gasteiger partial charge in [0.05, 0.1) is 19.7 Å². The maximum Gasteiger partial charge on any atom is 0.410 e. The number of nitrogens with zero attached hydrogens (tertiary/aromatic N) is 1. The third kappa shape index (κ3) is 4.84. The molecule has 0 radical (unpaired) electrons. The first kappa shape index (κ1) is 19.0. The number of halogens is 1. The van der Waals surface area contributed by atoms with E-state index in [-0.39, 0.29) is 6.54 Å². The number of ether oxygens (including phenoxy) is 3. The van der Waals surface area contributed by atoms with E-state index in [9.17, 15) is 14.0 Å². The molecule has 1 aromatic rings. The van der Waals surface area contributed by atoms with Crippen molar-refractivity contribution in [2.24, 2.45) is 0 Å². The fourth-order valence-corrected chi connectivity index (χ4v) is 2.90. The minimum absolute atomic E-state index is 0.179. The van der Waals surface area contributed by atoms with E-state index in [0.717, 1.165) is 0 Å². The van der Waals surface area contributed by atoms with E-state index in [1.807, 2.05) is 0 Å². The van der Waals surface area contributed by atoms with Crippen molar-refractivity contribution in [3.05, 3.63) is 29.6 Å². The van der Waals surface area contributed by atoms with Gasteiger partial charge < -0.3 is 14.2 Å². The predicted molar refractivity (Wildman–Crippen MR) is 88.8 cm³/mol. The van der Waals surface area contributed by atoms with Gasteiger partial charge in [-0.15, -0.1) is 0 Å². The maximum atomic E-state index is 13.8. The zero-order valence-corrected chi connectivity index (χ0v) is 15.2. The van der Waals surface area contributed by atoms with Crippen LogP contribution >= 0.6 is 0 Å². The second-order valence-corrected chi connectivity index (χ2v) is 7.00. The zero-order chi connectivity index (χ0) is 18.8. The zero-order valence-electron chi connectivity index (χ0n) is 15.2. The third-order valence-corrected chi connectivity index (χ3v) is 3.77. The summed E-state index contributed by atoms with van der Waals surface area (Å²) in [6.07, 6.45) is -0.681. The Balaban J connectivity index is 2.35. The molecule has 0 saturated carbocycles. The van der Waals surface area contributed by atoms with Crippen LogP contribution in [-0.2, 0) is 14.3 Å². The molecule has 6 nitrogen and oxygen atoms in total. The van der Waals surface area contributed by atoms with Gasteiger partial charge >= 0.3 is 12.1 Å². The van der Waals surface area contributed by atoms with Crippen LogP contribution in [0, 0.1) is 5.82 Å². The van der Waals surface area contributed by atoms with Crippen molar-refractivity contribution in [1.82, 2.24) is 4.90 Å². The molecular formula is C18H24FNO5. The van der Waals surface area contributed by atoms with Gasteiger partial charge in [-0.05, 0) is 39.0 Å². The fourth-order valence-electron chi connectivity index (χ4n) is 2.90. The van der Waals surface area contributed by atoms with Crippen molar-refractivity contribution in [1.29, 1.82) is 0 Å². The summed E-state index contributed by atoms with van der Waals surface area (Å²) in [6.45, 7) is 6.79. The first-order chi connectivity index (χ1) is 11.6. The summed E-state index contributed by atoms with van der Waals surface area (Å²) < 4.78 is 29.8. The van der Waals surface area contributed by atoms with Crippen molar-refractivity contribution >= 4 is 12.1 Å². The lowest BCUT2D eigenvalue weighted by Crippen LogP contribution is -2.37. The normalized spacial score (nSPS) is 20.3. The van der Waals surface area contributed by atoms with Gasteiger partial charge in [0.25, 0.3) is 0 Å². The van der Waals surface area contributed by atoms with Gasteiger partial charge in [-0.3, -0.25) is 9.69 Å². The highest BCUT2D eigenvalue weighted by Crippen LogP contribution is 2.39. The number of methoxy groups -OCH3 is 1. The van der Waals surface area contributed by atoms with Crippen molar-refractivity contribution in [3.63, 3.8) is 0 Å². The summed E-state index contributed by atoms with van der Waals surface area (Å²) in [6, 6.07) is 3.62. The van der Waals surface area contributed by atoms with Crippen LogP contribution in [0.2, 0.25) is 0 Å². The first-order valence-corrected chi connectivity index (χ1v) is 8.11. The molecule has 1 aliphatic rings. The van der Waals surface area contributed by atoms with Crippen LogP contribution in [-0.4, -0.2) is 42.3 Å². The monoisotopic (exact) mass is 353 g/mol. The molecule has 0 aromatic heterocycles. The average molecular weight is 353 g/mol. The van der Waals surface area contributed by atoms with E-state index in [4.69, 9.17) is 14.2 Å². The number of esters is 1. The van der Waals surface area contributed by atoms with Crippen LogP contribution in [0.5, 0.6) is 5.75 Å². The quantitative estimate of drug-likeness (QED) is 0.779. The Morgan fingerprint density at radius 1 is 1.28 bits per heavy atom. The summed E-state index contributed by atoms with van der Waals surface area (Å²) in [7, 11) is 1.48. The van der Waals surface area contributed by atoms with E-state index >= 15 is 0 Å². The molecule has 1 aromatic carbocycles. The Morgan fingerprint density at radius 2 is 1.96 bits per heavy atom. The van der Waals surface area contributed by atoms with Gasteiger partial charge in [-0.1, -0.05) is 0 Å². The van der Waals surface area contributed by atoms with E-state index in [2.05, 4.69) is 0 Å². The molecule has 0 bridgehead atoms. The van der Waals surface area contributed by atoms with E-state index in [1.165, 1.54) is 37.1 Å². The molecule has 1 aliphatic heterocycles. The molecule has 1 heterocycles. The molecule has 2 rings (SSSR count). The van der Waals surface area contributed by atoms with Crippen LogP contribution in [0.1, 0.15) is 45.7 Å². The molecule has 2 atom stereocenters. The number of benzene rings is 1. The number of likely N-dealkylation sites (tertiary alicyclic amines) is 1. The summed E-state index contributed by atoms with van der Waals surface area (Å²) in [5, 5.41) is 0. The molecule has 2 unspecified atom stereocenters. The molecule has 7 heteroatoms. The van der Waals surface area contributed by atoms with Crippen LogP contribution < -0.4 is 4.74 Å². The lowest BCUT2D eigenvalue weighted by molar-refractivity contribution is -0.145. The Kier molecular flexibility index (Phi) is 5.55. The van der Waals surface area contributed by atoms with Gasteiger partial charge in [0.15, 0.2) is 0 Å². The summed E-state index contributed by atoms with van der Waals surface area (Å²) >= 11 is 0. The van der Waals surface area contributed by atoms with Gasteiger partial charge in [-0.2, -0.15) is 0 Å². The highest BCUT2D eigenvalue weighted by molar-refractivity contribution is 5.70. The highest BCUT2D eigenvalue weighted by atomic mass is 19.1. The van der Waals surface area contributed by atoms with E-state index < -0.39 is 35.6 Å². The minimum Gasteiger partial charge on any atom is -0.496 e. The highest BCUT2D eigenvalue weighted by Gasteiger charge is 2.41. The molecule has 1 saturated heterocycles. The van der Waals surface area contributed by atoms with Crippen molar-refractivity contribution < 1.29 is 28.2 Å². The molecule has 1 amide bonds. The third-order valence-electron chi connectivity index (χ3n) is 3.77. The molecular weight excluding hydrogens is 329 g/mol. The first-order valence-electron chi connectivity index (χ1n) is 8.11. The van der Waals surface area contributed by atoms with E-state index in [0.29, 0.717) is 17.7 Å². The predicted octanol–water partition coefficient (Wildman–Crippen LogP) is 3.45. The second-order valence-electron chi connectivity index (χ2n) is 7.00. The molecule has 0 spiro atoms. The molecule has 1 fully saturated rings. The Hall–Kier alpha value is -2.31. The average Bonchev–Trinajstić information content (AvgIpc) is 2.88. The molecule has 0 aliphatic carbocycles. The second kappa shape index (κ2) is 7.29. The summed E-state index contributed by atoms with van der Waals surface area (Å²) in [5.41, 5.74) is -0.157. The number of carbonyl (C=O) groups is 2. The fraction of sp³-hybridized carbons (Fsp3) is 0.556. The largest absolute Gasteiger partial charge is 0.496 e. The van der Waals surface area contributed by atoms with Gasteiger partial charge in [0.2, 0.25) is 0 Å². The van der Waals surface area contributed by atoms with Crippen LogP contribution in [0.25, 0.3) is 0 Å². The standard InChI is InChI=1S/C18H24FNO5/c1-11(21)24-13-9-15(14-8-12(19)6-7-16(14)23-5)20(10-13)17(22)25-18(2,3)4/h6-8,13,15H,9-10H2,1-5H3. The maximum absolute atomic E-state index is 13.8. The SMILES string of the molecule is COc1ccc(F)cc1C1CC(OC(C)=O)CN1C(=O)OC(C)(C)C. The number of amides is 1. The topological polar surface area (TPSA) is 65.1 Å². The summed E-state index contributed by atoms with van der Waals surface area (Å²) in [4.78, 5) is 25.3. The van der Waals surface area contributed by atoms with Crippen molar-refractivity contribution in [2.75, 3.05) is 13.7 Å². The lowest BCUT2D eigenvalue weighted by Gasteiger charge is -2.29. The number of rotatable bonds is 3. The van der Waals surface area contributed by atoms with Crippen LogP contribution in [0.15, 0.2) is 18.2 Å². The Labute approximate surface area is 146 Å². The van der Waals surface area contributed by atoms with Crippen LogP contribution in [0.4, 0.5) is 9.18 Å². The smallest absolute Gasteiger partial charge is 0.410 e. The van der Waals surface area contributed by atoms with Crippen LogP contribution in [0.3, 0.4) is 0 Å². The van der Waals surface area contributed by atoms with Crippen molar-refractivity contribution in [3.8, 4) is 5.75 Å². The Bertz CT molecular complexity index is 655. The molecule has 0 N–H and O–H groups in total. The number of hydrogen-bond donors (Lipinski definition) is 0. The Morgan fingerprint density at radius 3 is 2.52 bits per heavy atom. The number of carbonyl (C=O) groups excluding carboxylic acids is 2. The van der Waals surface area contributed by atoms with Crippen molar-refractivity contribution in [2.45, 2.75) is 51.9 Å². The summed E-state index contributed by atoms with van der Waals surface area (Å²) in [5.74, 6) is -0.402. The van der Waals surface area contributed by atoms with Gasteiger partial charge in [0.1, 0.15) is 23.3 Å².